The molecule has 42 heavy (non-hydrogen) atoms. The minimum atomic E-state index is -1.95. The van der Waals surface area contributed by atoms with E-state index in [2.05, 4.69) is 85.0 Å². The molecule has 0 saturated carbocycles. The van der Waals surface area contributed by atoms with E-state index in [0.717, 1.165) is 11.7 Å². The molecule has 1 aromatic carbocycles. The first-order valence-electron chi connectivity index (χ1n) is 15.7. The van der Waals surface area contributed by atoms with E-state index in [0.29, 0.717) is 6.61 Å². The maximum absolute atomic E-state index is 7.51. The van der Waals surface area contributed by atoms with E-state index in [9.17, 15) is 0 Å². The molecule has 1 aromatic rings. The van der Waals surface area contributed by atoms with Crippen molar-refractivity contribution < 1.29 is 32.8 Å². The maximum atomic E-state index is 7.51. The van der Waals surface area contributed by atoms with E-state index in [1.54, 1.807) is 0 Å². The molecule has 0 amide bonds. The second kappa shape index (κ2) is 11.2. The SMILES string of the molecule is C[C@H]1[C@H]([C@@]2(C)C[C@@H](C)[C@H]3O[C@@H]4OC(C)(C)O[C@@H]4[C@@]3(C[Se]c3ccccc3)O2)OC(C)(C)O[C@@H]1CO[Si](C)(C)C(C)(C)C. The number of hydrogen-bond donors (Lipinski definition) is 0. The van der Waals surface area contributed by atoms with Gasteiger partial charge in [-0.15, -0.1) is 0 Å². The van der Waals surface area contributed by atoms with Crippen LogP contribution in [0.25, 0.3) is 0 Å². The number of ether oxygens (including phenoxy) is 6. The molecule has 238 valence electrons. The van der Waals surface area contributed by atoms with Crippen molar-refractivity contribution in [3.05, 3.63) is 30.3 Å². The van der Waals surface area contributed by atoms with Gasteiger partial charge in [0, 0.05) is 0 Å². The summed E-state index contributed by atoms with van der Waals surface area (Å²) < 4.78 is 48.5. The molecule has 4 aliphatic heterocycles. The topological polar surface area (TPSA) is 64.6 Å². The van der Waals surface area contributed by atoms with E-state index < -0.39 is 37.4 Å². The molecule has 0 N–H and O–H groups in total. The molecule has 4 heterocycles. The number of rotatable bonds is 7. The molecule has 4 fully saturated rings. The summed E-state index contributed by atoms with van der Waals surface area (Å²) in [4.78, 5) is 0. The molecular formula is C33H54O7SeSi. The summed E-state index contributed by atoms with van der Waals surface area (Å²) in [5.74, 6) is -1.22. The van der Waals surface area contributed by atoms with E-state index in [-0.39, 0.29) is 56.2 Å². The van der Waals surface area contributed by atoms with Gasteiger partial charge in [-0.3, -0.25) is 0 Å². The van der Waals surface area contributed by atoms with Crippen LogP contribution in [0.1, 0.15) is 75.7 Å². The Kier molecular flexibility index (Phi) is 8.80. The van der Waals surface area contributed by atoms with Gasteiger partial charge in [0.15, 0.2) is 0 Å². The summed E-state index contributed by atoms with van der Waals surface area (Å²) in [6.45, 7) is 26.7. The number of benzene rings is 1. The van der Waals surface area contributed by atoms with Gasteiger partial charge in [0.2, 0.25) is 0 Å². The van der Waals surface area contributed by atoms with Crippen molar-refractivity contribution in [2.24, 2.45) is 11.8 Å². The van der Waals surface area contributed by atoms with Crippen molar-refractivity contribution in [2.45, 2.75) is 153 Å². The number of fused-ring (bicyclic) bond motifs is 3. The summed E-state index contributed by atoms with van der Waals surface area (Å²) in [5.41, 5.74) is -1.24. The molecule has 0 aromatic heterocycles. The van der Waals surface area contributed by atoms with E-state index in [4.69, 9.17) is 32.8 Å². The molecule has 9 heteroatoms. The quantitative estimate of drug-likeness (QED) is 0.328. The number of hydrogen-bond acceptors (Lipinski definition) is 7. The molecule has 4 aliphatic rings. The van der Waals surface area contributed by atoms with Crippen LogP contribution < -0.4 is 4.46 Å². The first-order valence-corrected chi connectivity index (χ1v) is 20.6. The zero-order valence-corrected chi connectivity index (χ0v) is 30.5. The van der Waals surface area contributed by atoms with Crippen molar-refractivity contribution in [3.8, 4) is 0 Å². The van der Waals surface area contributed by atoms with Crippen molar-refractivity contribution >= 4 is 27.7 Å². The van der Waals surface area contributed by atoms with Crippen molar-refractivity contribution in [1.29, 1.82) is 0 Å². The van der Waals surface area contributed by atoms with Gasteiger partial charge in [0.05, 0.1) is 0 Å². The Hall–Kier alpha value is -0.324. The summed E-state index contributed by atoms with van der Waals surface area (Å²) in [5, 5.41) is 0.955. The van der Waals surface area contributed by atoms with E-state index in [1.807, 2.05) is 27.7 Å². The Morgan fingerprint density at radius 1 is 0.881 bits per heavy atom. The van der Waals surface area contributed by atoms with Gasteiger partial charge < -0.3 is 0 Å². The molecule has 0 aliphatic carbocycles. The standard InChI is InChI=1S/C33H54O7SeSi/c1-21-18-32(10,26-22(2)24(36-30(6,7)37-26)19-34-42(11,12)29(3,4)5)40-33(20-41-23-16-14-13-15-17-23)25(21)35-28-27(33)38-31(8,9)39-28/h13-17,21-22,24-28H,18-20H2,1-12H3/t21-,22-,24-,25-,26-,27+,28-,32-,33+/m1/s1. The van der Waals surface area contributed by atoms with Crippen molar-refractivity contribution in [1.82, 2.24) is 0 Å². The Balaban J connectivity index is 1.46. The summed E-state index contributed by atoms with van der Waals surface area (Å²) >= 11 is 0.160. The van der Waals surface area contributed by atoms with Crippen LogP contribution >= 0.6 is 0 Å². The normalized spacial score (nSPS) is 41.4. The van der Waals surface area contributed by atoms with Crippen LogP contribution in [-0.2, 0) is 32.8 Å². The van der Waals surface area contributed by atoms with Gasteiger partial charge in [0.25, 0.3) is 0 Å². The Bertz CT molecular complexity index is 1110. The fraction of sp³-hybridized carbons (Fsp3) is 0.818. The second-order valence-corrected chi connectivity index (χ2v) is 22.7. The molecule has 0 radical (unpaired) electrons. The van der Waals surface area contributed by atoms with Crippen LogP contribution in [0.4, 0.5) is 0 Å². The van der Waals surface area contributed by atoms with Gasteiger partial charge in [-0.05, 0) is 0 Å². The molecular weight excluding hydrogens is 615 g/mol. The third-order valence-electron chi connectivity index (χ3n) is 10.1. The Labute approximate surface area is 261 Å². The zero-order valence-electron chi connectivity index (χ0n) is 27.8. The Morgan fingerprint density at radius 3 is 2.14 bits per heavy atom. The average molecular weight is 670 g/mol. The van der Waals surface area contributed by atoms with E-state index >= 15 is 0 Å². The minimum absolute atomic E-state index is 0.0588. The predicted molar refractivity (Wildman–Crippen MR) is 167 cm³/mol. The third-order valence-corrected chi connectivity index (χ3v) is 17.1. The van der Waals surface area contributed by atoms with Crippen LogP contribution in [-0.4, -0.2) is 83.4 Å². The third kappa shape index (κ3) is 6.22. The fourth-order valence-electron chi connectivity index (χ4n) is 7.10. The van der Waals surface area contributed by atoms with Crippen molar-refractivity contribution in [2.75, 3.05) is 6.61 Å². The monoisotopic (exact) mass is 670 g/mol. The summed E-state index contributed by atoms with van der Waals surface area (Å²) in [6, 6.07) is 10.7. The average Bonchev–Trinajstić information content (AvgIpc) is 3.33. The molecule has 4 saturated heterocycles. The van der Waals surface area contributed by atoms with Crippen LogP contribution in [0.2, 0.25) is 23.5 Å². The van der Waals surface area contributed by atoms with Gasteiger partial charge in [-0.1, -0.05) is 0 Å². The molecule has 0 unspecified atom stereocenters. The van der Waals surface area contributed by atoms with Crippen LogP contribution in [0, 0.1) is 11.8 Å². The van der Waals surface area contributed by atoms with Gasteiger partial charge in [0.1, 0.15) is 0 Å². The summed E-state index contributed by atoms with van der Waals surface area (Å²) in [7, 11) is -1.95. The first-order chi connectivity index (χ1) is 19.3. The van der Waals surface area contributed by atoms with Gasteiger partial charge in [-0.2, -0.15) is 0 Å². The van der Waals surface area contributed by atoms with Gasteiger partial charge >= 0.3 is 262 Å². The molecule has 9 atom stereocenters. The van der Waals surface area contributed by atoms with Crippen LogP contribution in [0.5, 0.6) is 0 Å². The van der Waals surface area contributed by atoms with Crippen LogP contribution in [0.3, 0.4) is 0 Å². The van der Waals surface area contributed by atoms with Crippen LogP contribution in [0.15, 0.2) is 30.3 Å². The Morgan fingerprint density at radius 2 is 1.50 bits per heavy atom. The zero-order chi connectivity index (χ0) is 30.9. The second-order valence-electron chi connectivity index (χ2n) is 15.7. The first kappa shape index (κ1) is 33.1. The molecule has 5 rings (SSSR count). The molecule has 0 bridgehead atoms. The summed E-state index contributed by atoms with van der Waals surface area (Å²) in [6.07, 6.45) is -0.385. The fourth-order valence-corrected chi connectivity index (χ4v) is 10.5. The predicted octanol–water partition coefficient (Wildman–Crippen LogP) is 6.04. The molecule has 0 spiro atoms. The van der Waals surface area contributed by atoms with Crippen molar-refractivity contribution in [3.63, 3.8) is 0 Å². The molecule has 7 nitrogen and oxygen atoms in total. The van der Waals surface area contributed by atoms with Gasteiger partial charge in [-0.25, -0.2) is 0 Å². The van der Waals surface area contributed by atoms with E-state index in [1.165, 1.54) is 4.46 Å².